The highest BCUT2D eigenvalue weighted by Crippen LogP contribution is 2.36. The van der Waals surface area contributed by atoms with Gasteiger partial charge in [-0.25, -0.2) is 0 Å². The molecule has 0 radical (unpaired) electrons. The molecule has 0 spiro atoms. The molecule has 2 aliphatic heterocycles. The van der Waals surface area contributed by atoms with E-state index >= 15 is 0 Å². The molecule has 206 valence electrons. The highest BCUT2D eigenvalue weighted by Gasteiger charge is 2.50. The number of hydrogen-bond donors (Lipinski definition) is 1. The fourth-order valence-electron chi connectivity index (χ4n) is 4.88. The molecule has 3 unspecified atom stereocenters. The van der Waals surface area contributed by atoms with E-state index in [1.54, 1.807) is 0 Å². The second-order valence-corrected chi connectivity index (χ2v) is 9.71. The lowest BCUT2D eigenvalue weighted by atomic mass is 10.1. The number of piperazine rings is 1. The maximum absolute atomic E-state index is 13.3. The minimum atomic E-state index is -4.48. The van der Waals surface area contributed by atoms with Gasteiger partial charge in [-0.3, -0.25) is 14.5 Å². The Morgan fingerprint density at radius 1 is 1.19 bits per heavy atom. The van der Waals surface area contributed by atoms with E-state index in [2.05, 4.69) is 13.8 Å². The zero-order valence-electron chi connectivity index (χ0n) is 22.1. The second-order valence-electron chi connectivity index (χ2n) is 9.71. The summed E-state index contributed by atoms with van der Waals surface area (Å²) in [4.78, 5) is 30.3. The molecule has 37 heavy (non-hydrogen) atoms. The summed E-state index contributed by atoms with van der Waals surface area (Å²) < 4.78 is 39.9. The SMILES string of the molecule is CCCCC.CCCCN(CC#N)C(=O)C(N)CN1CC2CC1C(=O)N2Cc1ccccc1C(F)(F)F. The first-order chi connectivity index (χ1) is 17.6. The molecule has 0 saturated carbocycles. The quantitative estimate of drug-likeness (QED) is 0.440. The minimum Gasteiger partial charge on any atom is -0.333 e. The second kappa shape index (κ2) is 14.3. The number of halogens is 3. The number of rotatable bonds is 11. The fourth-order valence-corrected chi connectivity index (χ4v) is 4.88. The van der Waals surface area contributed by atoms with Crippen molar-refractivity contribution in [1.29, 1.82) is 5.26 Å². The van der Waals surface area contributed by atoms with Crippen LogP contribution in [0.5, 0.6) is 0 Å². The summed E-state index contributed by atoms with van der Waals surface area (Å²) in [6.45, 7) is 7.36. The number of nitrogens with two attached hydrogens (primary N) is 1. The summed E-state index contributed by atoms with van der Waals surface area (Å²) in [6, 6.07) is 5.69. The predicted octanol–water partition coefficient (Wildman–Crippen LogP) is 4.17. The van der Waals surface area contributed by atoms with Crippen LogP contribution in [0.15, 0.2) is 24.3 Å². The van der Waals surface area contributed by atoms with Crippen LogP contribution in [0, 0.1) is 11.3 Å². The Kier molecular flexibility index (Phi) is 11.9. The summed E-state index contributed by atoms with van der Waals surface area (Å²) >= 11 is 0. The molecule has 3 rings (SSSR count). The monoisotopic (exact) mass is 523 g/mol. The van der Waals surface area contributed by atoms with Crippen molar-refractivity contribution in [3.8, 4) is 6.07 Å². The third-order valence-electron chi connectivity index (χ3n) is 6.86. The minimum absolute atomic E-state index is 0.0378. The van der Waals surface area contributed by atoms with Crippen molar-refractivity contribution < 1.29 is 22.8 Å². The van der Waals surface area contributed by atoms with Crippen molar-refractivity contribution in [2.75, 3.05) is 26.2 Å². The van der Waals surface area contributed by atoms with Gasteiger partial charge in [0.05, 0.1) is 23.7 Å². The Bertz CT molecular complexity index is 931. The molecule has 3 atom stereocenters. The lowest BCUT2D eigenvalue weighted by molar-refractivity contribution is -0.142. The normalized spacial score (nSPS) is 19.8. The zero-order valence-corrected chi connectivity index (χ0v) is 22.1. The van der Waals surface area contributed by atoms with Gasteiger partial charge in [-0.05, 0) is 24.5 Å². The van der Waals surface area contributed by atoms with Gasteiger partial charge in [0.1, 0.15) is 6.54 Å². The molecule has 2 aliphatic rings. The first kappa shape index (κ1) is 30.6. The number of nitriles is 1. The maximum Gasteiger partial charge on any atom is 0.416 e. The van der Waals surface area contributed by atoms with Gasteiger partial charge < -0.3 is 15.5 Å². The third kappa shape index (κ3) is 8.17. The molecule has 0 aromatic heterocycles. The fraction of sp³-hybridized carbons (Fsp3) is 0.667. The molecule has 1 aromatic carbocycles. The first-order valence-electron chi connectivity index (χ1n) is 13.2. The van der Waals surface area contributed by atoms with Crippen molar-refractivity contribution in [1.82, 2.24) is 14.7 Å². The smallest absolute Gasteiger partial charge is 0.333 e. The van der Waals surface area contributed by atoms with Gasteiger partial charge in [0.25, 0.3) is 0 Å². The van der Waals surface area contributed by atoms with Gasteiger partial charge >= 0.3 is 6.18 Å². The molecular weight excluding hydrogens is 483 g/mol. The number of fused-ring (bicyclic) bond motifs is 2. The van der Waals surface area contributed by atoms with Crippen LogP contribution in [0.25, 0.3) is 0 Å². The number of nitrogens with zero attached hydrogens (tertiary/aromatic N) is 4. The number of likely N-dealkylation sites (tertiary alicyclic amines) is 2. The molecule has 7 nitrogen and oxygen atoms in total. The summed E-state index contributed by atoms with van der Waals surface area (Å²) in [7, 11) is 0. The highest BCUT2D eigenvalue weighted by molar-refractivity contribution is 5.86. The highest BCUT2D eigenvalue weighted by atomic mass is 19.4. The van der Waals surface area contributed by atoms with E-state index < -0.39 is 23.8 Å². The van der Waals surface area contributed by atoms with Crippen LogP contribution in [0.1, 0.15) is 70.4 Å². The number of amides is 2. The molecule has 2 N–H and O–H groups in total. The lowest BCUT2D eigenvalue weighted by Gasteiger charge is -2.35. The van der Waals surface area contributed by atoms with Crippen LogP contribution in [0.3, 0.4) is 0 Å². The molecule has 1 aromatic rings. The summed E-state index contributed by atoms with van der Waals surface area (Å²) in [6.07, 6.45) is 1.74. The molecule has 2 fully saturated rings. The summed E-state index contributed by atoms with van der Waals surface area (Å²) in [5, 5.41) is 8.98. The zero-order chi connectivity index (χ0) is 27.6. The van der Waals surface area contributed by atoms with Gasteiger partial charge in [-0.2, -0.15) is 18.4 Å². The summed E-state index contributed by atoms with van der Waals surface area (Å²) in [5.41, 5.74) is 5.45. The maximum atomic E-state index is 13.3. The van der Waals surface area contributed by atoms with Gasteiger partial charge in [0, 0.05) is 32.2 Å². The lowest BCUT2D eigenvalue weighted by Crippen LogP contribution is -2.56. The van der Waals surface area contributed by atoms with E-state index in [1.807, 2.05) is 17.9 Å². The number of carbonyl (C=O) groups is 2. The van der Waals surface area contributed by atoms with Crippen molar-refractivity contribution >= 4 is 11.8 Å². The Hall–Kier alpha value is -2.64. The van der Waals surface area contributed by atoms with E-state index in [4.69, 9.17) is 11.0 Å². The van der Waals surface area contributed by atoms with E-state index in [0.717, 1.165) is 18.9 Å². The van der Waals surface area contributed by atoms with Crippen molar-refractivity contribution in [3.63, 3.8) is 0 Å². The van der Waals surface area contributed by atoms with Crippen LogP contribution in [0.4, 0.5) is 13.2 Å². The number of unbranched alkanes of at least 4 members (excludes halogenated alkanes) is 3. The van der Waals surface area contributed by atoms with E-state index in [0.29, 0.717) is 19.5 Å². The molecular formula is C27H40F3N5O2. The molecule has 0 aliphatic carbocycles. The molecule has 2 bridgehead atoms. The average Bonchev–Trinajstić information content (AvgIpc) is 3.40. The van der Waals surface area contributed by atoms with E-state index in [-0.39, 0.29) is 43.1 Å². The van der Waals surface area contributed by atoms with Crippen LogP contribution >= 0.6 is 0 Å². The Morgan fingerprint density at radius 3 is 2.38 bits per heavy atom. The number of hydrogen-bond acceptors (Lipinski definition) is 5. The Labute approximate surface area is 218 Å². The van der Waals surface area contributed by atoms with Gasteiger partial charge in [-0.15, -0.1) is 0 Å². The first-order valence-corrected chi connectivity index (χ1v) is 13.2. The number of alkyl halides is 3. The average molecular weight is 524 g/mol. The number of benzene rings is 1. The van der Waals surface area contributed by atoms with Crippen molar-refractivity contribution in [2.45, 2.75) is 90.1 Å². The van der Waals surface area contributed by atoms with Crippen LogP contribution in [0.2, 0.25) is 0 Å². The van der Waals surface area contributed by atoms with E-state index in [9.17, 15) is 22.8 Å². The number of carbonyl (C=O) groups excluding carboxylic acids is 2. The largest absolute Gasteiger partial charge is 0.416 e. The topological polar surface area (TPSA) is 93.7 Å². The van der Waals surface area contributed by atoms with Gasteiger partial charge in [0.2, 0.25) is 11.8 Å². The molecule has 10 heteroatoms. The molecule has 2 saturated heterocycles. The van der Waals surface area contributed by atoms with E-state index in [1.165, 1.54) is 47.3 Å². The van der Waals surface area contributed by atoms with Crippen LogP contribution in [-0.2, 0) is 22.3 Å². The van der Waals surface area contributed by atoms with Crippen LogP contribution in [-0.4, -0.2) is 70.8 Å². The Balaban J connectivity index is 0.000000877. The summed E-state index contributed by atoms with van der Waals surface area (Å²) in [5.74, 6) is -0.566. The van der Waals surface area contributed by atoms with Crippen LogP contribution < -0.4 is 5.73 Å². The molecule has 2 amide bonds. The third-order valence-corrected chi connectivity index (χ3v) is 6.86. The van der Waals surface area contributed by atoms with Crippen molar-refractivity contribution in [2.24, 2.45) is 5.73 Å². The van der Waals surface area contributed by atoms with Gasteiger partial charge in [0.15, 0.2) is 0 Å². The predicted molar refractivity (Wildman–Crippen MR) is 136 cm³/mol. The van der Waals surface area contributed by atoms with Crippen molar-refractivity contribution in [3.05, 3.63) is 35.4 Å². The van der Waals surface area contributed by atoms with Gasteiger partial charge in [-0.1, -0.05) is 64.7 Å². The Morgan fingerprint density at radius 2 is 1.84 bits per heavy atom. The standard InChI is InChI=1S/C22H28F3N5O2.C5H12/c1-2-3-9-28(10-8-26)20(31)18(27)14-29-13-16-11-19(29)21(32)30(16)12-15-6-4-5-7-17(15)22(23,24)25;1-3-5-4-2/h4-7,16,18-19H,2-3,9-14,27H2,1H3;3-5H2,1-2H3. The molecule has 2 heterocycles.